The van der Waals surface area contributed by atoms with Gasteiger partial charge in [-0.15, -0.1) is 10.2 Å². The van der Waals surface area contributed by atoms with Gasteiger partial charge >= 0.3 is 0 Å². The van der Waals surface area contributed by atoms with Crippen LogP contribution >= 0.6 is 23.1 Å². The molecule has 19 heavy (non-hydrogen) atoms. The van der Waals surface area contributed by atoms with Crippen molar-refractivity contribution in [1.29, 1.82) is 0 Å². The predicted molar refractivity (Wildman–Crippen MR) is 79.8 cm³/mol. The summed E-state index contributed by atoms with van der Waals surface area (Å²) in [4.78, 5) is 11.8. The van der Waals surface area contributed by atoms with Gasteiger partial charge in [0, 0.05) is 13.1 Å². The number of carbonyl (C=O) groups excluding carboxylic acids is 1. The lowest BCUT2D eigenvalue weighted by molar-refractivity contribution is -0.120. The minimum atomic E-state index is -0.0149. The van der Waals surface area contributed by atoms with Gasteiger partial charge in [0.05, 0.1) is 5.25 Å². The molecule has 1 aromatic heterocycles. The Kier molecular flexibility index (Phi) is 5.91. The maximum Gasteiger partial charge on any atom is 0.233 e. The normalized spacial score (nSPS) is 19.8. The molecule has 1 amide bonds. The summed E-state index contributed by atoms with van der Waals surface area (Å²) in [6, 6.07) is 0. The molecule has 0 bridgehead atoms. The first-order chi connectivity index (χ1) is 9.29. The van der Waals surface area contributed by atoms with Crippen molar-refractivity contribution in [2.45, 2.75) is 48.6 Å². The number of thioether (sulfide) groups is 1. The molecule has 7 heteroatoms. The second-order valence-corrected chi connectivity index (χ2v) is 6.97. The zero-order valence-corrected chi connectivity index (χ0v) is 12.8. The summed E-state index contributed by atoms with van der Waals surface area (Å²) < 4.78 is 0.876. The lowest BCUT2D eigenvalue weighted by Crippen LogP contribution is -2.30. The first-order valence-electron chi connectivity index (χ1n) is 6.81. The van der Waals surface area contributed by atoms with E-state index in [9.17, 15) is 4.79 Å². The van der Waals surface area contributed by atoms with Crippen LogP contribution in [0.1, 0.15) is 39.0 Å². The molecule has 2 N–H and O–H groups in total. The number of rotatable bonds is 6. The topological polar surface area (TPSA) is 66.9 Å². The number of amides is 1. The maximum atomic E-state index is 11.8. The van der Waals surface area contributed by atoms with E-state index < -0.39 is 0 Å². The number of aromatic nitrogens is 2. The van der Waals surface area contributed by atoms with E-state index in [0.29, 0.717) is 0 Å². The van der Waals surface area contributed by atoms with Crippen LogP contribution in [0.4, 0.5) is 5.13 Å². The largest absolute Gasteiger partial charge is 0.360 e. The summed E-state index contributed by atoms with van der Waals surface area (Å²) in [5.41, 5.74) is 0. The van der Waals surface area contributed by atoms with Gasteiger partial charge in [0.25, 0.3) is 0 Å². The number of unbranched alkanes of at least 4 members (excludes halogenated alkanes) is 1. The second-order valence-electron chi connectivity index (χ2n) is 4.55. The van der Waals surface area contributed by atoms with Crippen LogP contribution in [0, 0.1) is 0 Å². The summed E-state index contributed by atoms with van der Waals surface area (Å²) in [6.07, 6.45) is 5.39. The zero-order chi connectivity index (χ0) is 13.5. The van der Waals surface area contributed by atoms with Crippen molar-refractivity contribution in [1.82, 2.24) is 15.5 Å². The van der Waals surface area contributed by atoms with Gasteiger partial charge in [0.1, 0.15) is 0 Å². The third kappa shape index (κ3) is 4.65. The fourth-order valence-electron chi connectivity index (χ4n) is 1.85. The quantitative estimate of drug-likeness (QED) is 0.790. The molecule has 0 aromatic carbocycles. The van der Waals surface area contributed by atoms with Crippen LogP contribution in [0.3, 0.4) is 0 Å². The van der Waals surface area contributed by atoms with E-state index in [0.717, 1.165) is 54.7 Å². The van der Waals surface area contributed by atoms with Gasteiger partial charge in [-0.3, -0.25) is 4.79 Å². The van der Waals surface area contributed by atoms with Crippen molar-refractivity contribution in [2.24, 2.45) is 0 Å². The van der Waals surface area contributed by atoms with Crippen molar-refractivity contribution in [3.05, 3.63) is 0 Å². The van der Waals surface area contributed by atoms with Crippen LogP contribution in [0.25, 0.3) is 0 Å². The van der Waals surface area contributed by atoms with Gasteiger partial charge in [0.2, 0.25) is 11.0 Å². The third-order valence-electron chi connectivity index (χ3n) is 2.94. The highest BCUT2D eigenvalue weighted by molar-refractivity contribution is 8.02. The average Bonchev–Trinajstić information content (AvgIpc) is 2.75. The molecule has 1 aliphatic rings. The highest BCUT2D eigenvalue weighted by Gasteiger charge is 2.23. The van der Waals surface area contributed by atoms with Crippen LogP contribution in [0.15, 0.2) is 4.34 Å². The van der Waals surface area contributed by atoms with Crippen molar-refractivity contribution in [2.75, 3.05) is 18.4 Å². The van der Waals surface area contributed by atoms with Gasteiger partial charge < -0.3 is 10.6 Å². The van der Waals surface area contributed by atoms with Gasteiger partial charge in [-0.05, 0) is 19.3 Å². The van der Waals surface area contributed by atoms with E-state index in [-0.39, 0.29) is 11.2 Å². The van der Waals surface area contributed by atoms with Crippen molar-refractivity contribution < 1.29 is 4.79 Å². The lowest BCUT2D eigenvalue weighted by atomic mass is 10.2. The molecule has 1 unspecified atom stereocenters. The van der Waals surface area contributed by atoms with Gasteiger partial charge in [-0.1, -0.05) is 42.9 Å². The number of carbonyl (C=O) groups is 1. The second kappa shape index (κ2) is 7.69. The van der Waals surface area contributed by atoms with E-state index in [1.165, 1.54) is 23.1 Å². The molecule has 5 nitrogen and oxygen atoms in total. The summed E-state index contributed by atoms with van der Waals surface area (Å²) in [5, 5.41) is 15.3. The molecule has 1 saturated heterocycles. The molecule has 0 spiro atoms. The fraction of sp³-hybridized carbons (Fsp3) is 0.750. The molecule has 1 fully saturated rings. The molecule has 2 heterocycles. The number of anilines is 1. The Bertz CT molecular complexity index is 410. The van der Waals surface area contributed by atoms with E-state index in [1.807, 2.05) is 0 Å². The summed E-state index contributed by atoms with van der Waals surface area (Å²) >= 11 is 3.07. The third-order valence-corrected chi connectivity index (χ3v) is 5.17. The number of hydrogen-bond acceptors (Lipinski definition) is 6. The van der Waals surface area contributed by atoms with Gasteiger partial charge in [-0.2, -0.15) is 0 Å². The van der Waals surface area contributed by atoms with Crippen LogP contribution in [-0.2, 0) is 4.79 Å². The van der Waals surface area contributed by atoms with Crippen LogP contribution < -0.4 is 10.6 Å². The molecule has 0 radical (unpaired) electrons. The fourth-order valence-corrected chi connectivity index (χ4v) is 3.93. The minimum Gasteiger partial charge on any atom is -0.360 e. The van der Waals surface area contributed by atoms with E-state index in [1.54, 1.807) is 0 Å². The highest BCUT2D eigenvalue weighted by atomic mass is 32.2. The van der Waals surface area contributed by atoms with E-state index >= 15 is 0 Å². The zero-order valence-electron chi connectivity index (χ0n) is 11.1. The Morgan fingerprint density at radius 2 is 2.37 bits per heavy atom. The molecule has 106 valence electrons. The lowest BCUT2D eigenvalue weighted by Gasteiger charge is -2.09. The van der Waals surface area contributed by atoms with Crippen molar-refractivity contribution in [3.63, 3.8) is 0 Å². The Labute approximate surface area is 122 Å². The number of nitrogens with zero attached hydrogens (tertiary/aromatic N) is 2. The first-order valence-corrected chi connectivity index (χ1v) is 8.51. The molecule has 1 aromatic rings. The van der Waals surface area contributed by atoms with Crippen molar-refractivity contribution >= 4 is 34.1 Å². The summed E-state index contributed by atoms with van der Waals surface area (Å²) in [6.45, 7) is 3.89. The number of hydrogen-bond donors (Lipinski definition) is 2. The number of nitrogens with one attached hydrogen (secondary N) is 2. The molecular formula is C12H20N4OS2. The maximum absolute atomic E-state index is 11.8. The summed E-state index contributed by atoms with van der Waals surface area (Å²) in [7, 11) is 0. The monoisotopic (exact) mass is 300 g/mol. The molecule has 0 aliphatic carbocycles. The molecule has 2 rings (SSSR count). The highest BCUT2D eigenvalue weighted by Crippen LogP contribution is 2.31. The SMILES string of the molecule is CCCCNc1nnc(SC2CCCCNC2=O)s1. The molecular weight excluding hydrogens is 280 g/mol. The van der Waals surface area contributed by atoms with E-state index in [2.05, 4.69) is 27.8 Å². The average molecular weight is 300 g/mol. The molecule has 1 aliphatic heterocycles. The minimum absolute atomic E-state index is 0.0149. The Balaban J connectivity index is 1.86. The van der Waals surface area contributed by atoms with Gasteiger partial charge in [0.15, 0.2) is 4.34 Å². The van der Waals surface area contributed by atoms with Crippen LogP contribution in [-0.4, -0.2) is 34.4 Å². The Morgan fingerprint density at radius 1 is 1.47 bits per heavy atom. The molecule has 1 atom stereocenters. The Morgan fingerprint density at radius 3 is 3.21 bits per heavy atom. The predicted octanol–water partition coefficient (Wildman–Crippen LogP) is 2.51. The smallest absolute Gasteiger partial charge is 0.233 e. The van der Waals surface area contributed by atoms with Crippen molar-refractivity contribution in [3.8, 4) is 0 Å². The first kappa shape index (κ1) is 14.6. The summed E-state index contributed by atoms with van der Waals surface area (Å²) in [5.74, 6) is 0.137. The van der Waals surface area contributed by atoms with Crippen LogP contribution in [0.2, 0.25) is 0 Å². The standard InChI is InChI=1S/C12H20N4OS2/c1-2-3-7-14-11-15-16-12(19-11)18-9-6-4-5-8-13-10(9)17/h9H,2-8H2,1H3,(H,13,17)(H,14,15). The molecule has 0 saturated carbocycles. The van der Waals surface area contributed by atoms with Gasteiger partial charge in [-0.25, -0.2) is 0 Å². The van der Waals surface area contributed by atoms with Crippen LogP contribution in [0.5, 0.6) is 0 Å². The van der Waals surface area contributed by atoms with E-state index in [4.69, 9.17) is 0 Å². The Hall–Kier alpha value is -0.820.